The molecule has 0 aromatic carbocycles. The van der Waals surface area contributed by atoms with Gasteiger partial charge in [0.25, 0.3) is 0 Å². The molecule has 20 heavy (non-hydrogen) atoms. The molecule has 0 saturated carbocycles. The van der Waals surface area contributed by atoms with Gasteiger partial charge in [0.05, 0.1) is 26.2 Å². The fourth-order valence-electron chi connectivity index (χ4n) is 2.23. The molecule has 1 rings (SSSR count). The summed E-state index contributed by atoms with van der Waals surface area (Å²) in [5.74, 6) is -0.283. The Balaban J connectivity index is 2.44. The zero-order valence-electron chi connectivity index (χ0n) is 12.7. The van der Waals surface area contributed by atoms with Gasteiger partial charge in [-0.25, -0.2) is 0 Å². The SMILES string of the molecule is COC(=O)CCN(CC(=O)NC(C)C)CC1CCCO1. The molecule has 1 unspecified atom stereocenters. The summed E-state index contributed by atoms with van der Waals surface area (Å²) in [5.41, 5.74) is 0. The highest BCUT2D eigenvalue weighted by atomic mass is 16.5. The lowest BCUT2D eigenvalue weighted by Crippen LogP contribution is -2.43. The van der Waals surface area contributed by atoms with Gasteiger partial charge in [0.15, 0.2) is 0 Å². The number of carbonyl (C=O) groups is 2. The molecule has 1 amide bonds. The second-order valence-electron chi connectivity index (χ2n) is 5.42. The molecule has 0 radical (unpaired) electrons. The minimum absolute atomic E-state index is 0.0251. The van der Waals surface area contributed by atoms with Gasteiger partial charge in [-0.1, -0.05) is 0 Å². The van der Waals surface area contributed by atoms with Crippen molar-refractivity contribution in [3.05, 3.63) is 0 Å². The number of esters is 1. The summed E-state index contributed by atoms with van der Waals surface area (Å²) in [6, 6.07) is 0.118. The Morgan fingerprint density at radius 2 is 2.20 bits per heavy atom. The standard InChI is InChI=1S/C14H26N2O4/c1-11(2)15-13(17)10-16(7-6-14(18)19-3)9-12-5-4-8-20-12/h11-12H,4-10H2,1-3H3,(H,15,17). The Morgan fingerprint density at radius 3 is 2.75 bits per heavy atom. The molecule has 116 valence electrons. The van der Waals surface area contributed by atoms with E-state index < -0.39 is 0 Å². The number of amides is 1. The van der Waals surface area contributed by atoms with E-state index in [0.29, 0.717) is 13.1 Å². The average Bonchev–Trinajstić information content (AvgIpc) is 2.87. The van der Waals surface area contributed by atoms with Crippen LogP contribution in [-0.2, 0) is 19.1 Å². The van der Waals surface area contributed by atoms with Gasteiger partial charge in [-0.3, -0.25) is 14.5 Å². The van der Waals surface area contributed by atoms with Gasteiger partial charge in [-0.15, -0.1) is 0 Å². The molecule has 1 atom stereocenters. The lowest BCUT2D eigenvalue weighted by molar-refractivity contribution is -0.141. The maximum atomic E-state index is 11.8. The number of carbonyl (C=O) groups excluding carboxylic acids is 2. The normalized spacial score (nSPS) is 18.6. The van der Waals surface area contributed by atoms with E-state index in [1.54, 1.807) is 0 Å². The van der Waals surface area contributed by atoms with Gasteiger partial charge in [0.1, 0.15) is 0 Å². The lowest BCUT2D eigenvalue weighted by Gasteiger charge is -2.24. The summed E-state index contributed by atoms with van der Waals surface area (Å²) in [5, 5.41) is 2.86. The maximum absolute atomic E-state index is 11.8. The summed E-state index contributed by atoms with van der Waals surface area (Å²) >= 11 is 0. The number of ether oxygens (including phenoxy) is 2. The second-order valence-corrected chi connectivity index (χ2v) is 5.42. The first-order chi connectivity index (χ1) is 9.51. The van der Waals surface area contributed by atoms with Crippen LogP contribution < -0.4 is 5.32 Å². The van der Waals surface area contributed by atoms with Crippen LogP contribution in [0.25, 0.3) is 0 Å². The van der Waals surface area contributed by atoms with Crippen LogP contribution in [0.2, 0.25) is 0 Å². The monoisotopic (exact) mass is 286 g/mol. The van der Waals surface area contributed by atoms with Crippen molar-refractivity contribution < 1.29 is 19.1 Å². The molecule has 1 N–H and O–H groups in total. The van der Waals surface area contributed by atoms with Crippen molar-refractivity contribution in [3.8, 4) is 0 Å². The number of nitrogens with zero attached hydrogens (tertiary/aromatic N) is 1. The van der Waals surface area contributed by atoms with Crippen LogP contribution in [0.5, 0.6) is 0 Å². The van der Waals surface area contributed by atoms with Crippen LogP contribution in [0.3, 0.4) is 0 Å². The number of hydrogen-bond donors (Lipinski definition) is 1. The number of rotatable bonds is 8. The Kier molecular flexibility index (Phi) is 7.54. The zero-order chi connectivity index (χ0) is 15.0. The number of hydrogen-bond acceptors (Lipinski definition) is 5. The van der Waals surface area contributed by atoms with E-state index in [2.05, 4.69) is 10.1 Å². The first kappa shape index (κ1) is 16.9. The van der Waals surface area contributed by atoms with Crippen molar-refractivity contribution in [3.63, 3.8) is 0 Å². The third-order valence-corrected chi connectivity index (χ3v) is 3.16. The van der Waals surface area contributed by atoms with E-state index in [0.717, 1.165) is 19.4 Å². The summed E-state index contributed by atoms with van der Waals surface area (Å²) in [6.45, 7) is 6.12. The largest absolute Gasteiger partial charge is 0.469 e. The zero-order valence-corrected chi connectivity index (χ0v) is 12.7. The Labute approximate surface area is 120 Å². The van der Waals surface area contributed by atoms with Gasteiger partial charge in [-0.2, -0.15) is 0 Å². The average molecular weight is 286 g/mol. The first-order valence-electron chi connectivity index (χ1n) is 7.21. The van der Waals surface area contributed by atoms with E-state index in [1.165, 1.54) is 7.11 Å². The van der Waals surface area contributed by atoms with Gasteiger partial charge >= 0.3 is 5.97 Å². The predicted molar refractivity (Wildman–Crippen MR) is 75.3 cm³/mol. The molecular weight excluding hydrogens is 260 g/mol. The predicted octanol–water partition coefficient (Wildman–Crippen LogP) is 0.555. The highest BCUT2D eigenvalue weighted by Gasteiger charge is 2.21. The summed E-state index contributed by atoms with van der Waals surface area (Å²) in [4.78, 5) is 25.0. The van der Waals surface area contributed by atoms with Crippen LogP contribution in [0.1, 0.15) is 33.1 Å². The summed E-state index contributed by atoms with van der Waals surface area (Å²) in [7, 11) is 1.37. The quantitative estimate of drug-likeness (QED) is 0.660. The van der Waals surface area contributed by atoms with Gasteiger partial charge in [0.2, 0.25) is 5.91 Å². The summed E-state index contributed by atoms with van der Waals surface area (Å²) in [6.07, 6.45) is 2.53. The van der Waals surface area contributed by atoms with Crippen molar-refractivity contribution in [1.82, 2.24) is 10.2 Å². The van der Waals surface area contributed by atoms with E-state index in [-0.39, 0.29) is 37.0 Å². The minimum atomic E-state index is -0.258. The molecule has 0 aromatic rings. The van der Waals surface area contributed by atoms with E-state index in [1.807, 2.05) is 18.7 Å². The molecule has 6 heteroatoms. The number of nitrogens with one attached hydrogen (secondary N) is 1. The summed E-state index contributed by atoms with van der Waals surface area (Å²) < 4.78 is 10.2. The molecule has 1 fully saturated rings. The van der Waals surface area contributed by atoms with Crippen LogP contribution in [0.15, 0.2) is 0 Å². The van der Waals surface area contributed by atoms with Crippen LogP contribution in [-0.4, -0.2) is 62.3 Å². The van der Waals surface area contributed by atoms with Crippen LogP contribution in [0, 0.1) is 0 Å². The highest BCUT2D eigenvalue weighted by molar-refractivity contribution is 5.78. The second kappa shape index (κ2) is 8.92. The Hall–Kier alpha value is -1.14. The molecule has 1 saturated heterocycles. The molecule has 1 aliphatic rings. The van der Waals surface area contributed by atoms with Crippen molar-refractivity contribution in [2.75, 3.05) is 33.4 Å². The minimum Gasteiger partial charge on any atom is -0.469 e. The van der Waals surface area contributed by atoms with Gasteiger partial charge < -0.3 is 14.8 Å². The van der Waals surface area contributed by atoms with Gasteiger partial charge in [0, 0.05) is 25.7 Å². The fourth-order valence-corrected chi connectivity index (χ4v) is 2.23. The molecule has 1 heterocycles. The van der Waals surface area contributed by atoms with Crippen LogP contribution in [0.4, 0.5) is 0 Å². The number of methoxy groups -OCH3 is 1. The molecule has 6 nitrogen and oxygen atoms in total. The Bertz CT molecular complexity index is 314. The molecule has 1 aliphatic heterocycles. The molecular formula is C14H26N2O4. The molecule has 0 spiro atoms. The topological polar surface area (TPSA) is 67.9 Å². The molecule has 0 aromatic heterocycles. The van der Waals surface area contributed by atoms with Crippen molar-refractivity contribution in [2.45, 2.75) is 45.3 Å². The van der Waals surface area contributed by atoms with Crippen molar-refractivity contribution in [1.29, 1.82) is 0 Å². The first-order valence-corrected chi connectivity index (χ1v) is 7.21. The smallest absolute Gasteiger partial charge is 0.306 e. The van der Waals surface area contributed by atoms with E-state index in [9.17, 15) is 9.59 Å². The van der Waals surface area contributed by atoms with E-state index >= 15 is 0 Å². The van der Waals surface area contributed by atoms with E-state index in [4.69, 9.17) is 4.74 Å². The third kappa shape index (κ3) is 6.86. The third-order valence-electron chi connectivity index (χ3n) is 3.16. The maximum Gasteiger partial charge on any atom is 0.306 e. The Morgan fingerprint density at radius 1 is 1.45 bits per heavy atom. The van der Waals surface area contributed by atoms with Crippen molar-refractivity contribution >= 4 is 11.9 Å². The van der Waals surface area contributed by atoms with Crippen LogP contribution >= 0.6 is 0 Å². The van der Waals surface area contributed by atoms with Gasteiger partial charge in [-0.05, 0) is 26.7 Å². The molecule has 0 aliphatic carbocycles. The fraction of sp³-hybridized carbons (Fsp3) is 0.857. The lowest BCUT2D eigenvalue weighted by atomic mass is 10.2. The highest BCUT2D eigenvalue weighted by Crippen LogP contribution is 2.13. The van der Waals surface area contributed by atoms with Crippen molar-refractivity contribution in [2.24, 2.45) is 0 Å². The molecule has 0 bridgehead atoms.